The van der Waals surface area contributed by atoms with Crippen molar-refractivity contribution in [3.05, 3.63) is 35.8 Å². The predicted molar refractivity (Wildman–Crippen MR) is 62.2 cm³/mol. The average Bonchev–Trinajstić information content (AvgIpc) is 2.98. The van der Waals surface area contributed by atoms with Crippen molar-refractivity contribution in [3.63, 3.8) is 0 Å². The number of furan rings is 1. The summed E-state index contributed by atoms with van der Waals surface area (Å²) in [6.45, 7) is 0.913. The highest BCUT2D eigenvalue weighted by molar-refractivity contribution is 5.78. The van der Waals surface area contributed by atoms with Crippen molar-refractivity contribution in [1.29, 1.82) is 0 Å². The first-order valence-electron chi connectivity index (χ1n) is 5.85. The third kappa shape index (κ3) is 1.83. The number of rotatable bonds is 2. The second-order valence-corrected chi connectivity index (χ2v) is 4.45. The molecule has 2 heterocycles. The third-order valence-electron chi connectivity index (χ3n) is 3.29. The first-order valence-corrected chi connectivity index (χ1v) is 5.85. The minimum atomic E-state index is -0.704. The monoisotopic (exact) mass is 235 g/mol. The topological polar surface area (TPSA) is 45.4 Å². The van der Waals surface area contributed by atoms with Gasteiger partial charge >= 0.3 is 0 Å². The largest absolute Gasteiger partial charge is 0.455 e. The van der Waals surface area contributed by atoms with Gasteiger partial charge in [-0.3, -0.25) is 0 Å². The summed E-state index contributed by atoms with van der Waals surface area (Å²) in [5.41, 5.74) is 0.222. The fraction of sp³-hybridized carbons (Fsp3) is 0.385. The van der Waals surface area contributed by atoms with Crippen LogP contribution in [0.1, 0.15) is 24.7 Å². The molecule has 3 nitrogen and oxygen atoms in total. The van der Waals surface area contributed by atoms with Crippen LogP contribution in [-0.2, 0) is 0 Å². The number of benzene rings is 1. The Balaban J connectivity index is 1.97. The second-order valence-electron chi connectivity index (χ2n) is 4.45. The molecule has 0 saturated carbocycles. The number of para-hydroxylation sites is 1. The van der Waals surface area contributed by atoms with Gasteiger partial charge < -0.3 is 14.8 Å². The molecule has 0 aliphatic carbocycles. The summed E-state index contributed by atoms with van der Waals surface area (Å²) >= 11 is 0. The van der Waals surface area contributed by atoms with Crippen LogP contribution in [0.2, 0.25) is 0 Å². The van der Waals surface area contributed by atoms with Gasteiger partial charge in [0.2, 0.25) is 0 Å². The van der Waals surface area contributed by atoms with E-state index >= 15 is 0 Å². The van der Waals surface area contributed by atoms with Gasteiger partial charge in [0, 0.05) is 11.4 Å². The van der Waals surface area contributed by atoms with Crippen molar-refractivity contribution in [2.75, 3.05) is 6.54 Å². The van der Waals surface area contributed by atoms with Crippen molar-refractivity contribution in [2.24, 2.45) is 0 Å². The van der Waals surface area contributed by atoms with Crippen LogP contribution >= 0.6 is 0 Å². The van der Waals surface area contributed by atoms with Crippen LogP contribution in [0, 0.1) is 5.82 Å². The van der Waals surface area contributed by atoms with Crippen LogP contribution in [0.3, 0.4) is 0 Å². The molecule has 90 valence electrons. The summed E-state index contributed by atoms with van der Waals surface area (Å²) in [6, 6.07) is 6.50. The predicted octanol–water partition coefficient (Wildman–Crippen LogP) is 2.36. The van der Waals surface area contributed by atoms with Gasteiger partial charge in [-0.25, -0.2) is 4.39 Å². The molecule has 1 aromatic heterocycles. The Morgan fingerprint density at radius 2 is 2.35 bits per heavy atom. The summed E-state index contributed by atoms with van der Waals surface area (Å²) in [5.74, 6) is 0.0461. The molecule has 0 radical (unpaired) electrons. The molecule has 2 atom stereocenters. The number of hydrogen-bond acceptors (Lipinski definition) is 3. The second kappa shape index (κ2) is 4.13. The first kappa shape index (κ1) is 10.7. The maximum atomic E-state index is 13.4. The highest BCUT2D eigenvalue weighted by Gasteiger charge is 2.26. The van der Waals surface area contributed by atoms with E-state index in [1.54, 1.807) is 18.2 Å². The number of nitrogens with one attached hydrogen (secondary N) is 1. The Kier molecular flexibility index (Phi) is 2.61. The zero-order valence-electron chi connectivity index (χ0n) is 9.32. The minimum Gasteiger partial charge on any atom is -0.455 e. The molecule has 0 spiro atoms. The third-order valence-corrected chi connectivity index (χ3v) is 3.29. The molecule has 1 fully saturated rings. The lowest BCUT2D eigenvalue weighted by Crippen LogP contribution is -2.28. The number of aliphatic hydroxyl groups excluding tert-OH is 1. The van der Waals surface area contributed by atoms with Crippen LogP contribution in [0.5, 0.6) is 0 Å². The van der Waals surface area contributed by atoms with Crippen molar-refractivity contribution in [1.82, 2.24) is 5.32 Å². The van der Waals surface area contributed by atoms with E-state index in [1.807, 2.05) is 0 Å². The fourth-order valence-electron chi connectivity index (χ4n) is 2.37. The lowest BCUT2D eigenvalue weighted by molar-refractivity contribution is 0.115. The quantitative estimate of drug-likeness (QED) is 0.840. The summed E-state index contributed by atoms with van der Waals surface area (Å²) in [5, 5.41) is 14.0. The van der Waals surface area contributed by atoms with Crippen molar-refractivity contribution < 1.29 is 13.9 Å². The number of aliphatic hydroxyl groups is 1. The molecule has 1 aliphatic rings. The maximum Gasteiger partial charge on any atom is 0.170 e. The minimum absolute atomic E-state index is 0.0126. The Bertz CT molecular complexity index is 531. The van der Waals surface area contributed by atoms with Crippen LogP contribution in [0.15, 0.2) is 28.7 Å². The normalized spacial score (nSPS) is 22.1. The average molecular weight is 235 g/mol. The standard InChI is InChI=1S/C13H14FNO2/c14-9-4-1-3-8-7-11(17-13(8)9)12(16)10-5-2-6-15-10/h1,3-4,7,10,12,15-16H,2,5-6H2. The molecule has 4 heteroatoms. The highest BCUT2D eigenvalue weighted by atomic mass is 19.1. The summed E-state index contributed by atoms with van der Waals surface area (Å²) in [6.07, 6.45) is 1.26. The Labute approximate surface area is 98.2 Å². The number of hydrogen-bond donors (Lipinski definition) is 2. The maximum absolute atomic E-state index is 13.4. The van der Waals surface area contributed by atoms with E-state index in [1.165, 1.54) is 6.07 Å². The van der Waals surface area contributed by atoms with E-state index in [4.69, 9.17) is 4.42 Å². The molecule has 2 N–H and O–H groups in total. The molecule has 2 unspecified atom stereocenters. The molecule has 2 aromatic rings. The summed E-state index contributed by atoms with van der Waals surface area (Å²) < 4.78 is 18.9. The Hall–Kier alpha value is -1.39. The lowest BCUT2D eigenvalue weighted by atomic mass is 10.1. The molecule has 1 aromatic carbocycles. The van der Waals surface area contributed by atoms with Gasteiger partial charge in [0.05, 0.1) is 0 Å². The number of fused-ring (bicyclic) bond motifs is 1. The van der Waals surface area contributed by atoms with E-state index in [9.17, 15) is 9.50 Å². The Morgan fingerprint density at radius 1 is 1.47 bits per heavy atom. The molecule has 17 heavy (non-hydrogen) atoms. The van der Waals surface area contributed by atoms with E-state index in [-0.39, 0.29) is 17.4 Å². The summed E-state index contributed by atoms with van der Waals surface area (Å²) in [7, 11) is 0. The van der Waals surface area contributed by atoms with E-state index in [0.29, 0.717) is 11.1 Å². The van der Waals surface area contributed by atoms with Gasteiger partial charge in [0.15, 0.2) is 11.4 Å². The zero-order valence-corrected chi connectivity index (χ0v) is 9.32. The first-order chi connectivity index (χ1) is 8.25. The van der Waals surface area contributed by atoms with Crippen LogP contribution in [0.25, 0.3) is 11.0 Å². The van der Waals surface area contributed by atoms with Crippen molar-refractivity contribution in [3.8, 4) is 0 Å². The fourth-order valence-corrected chi connectivity index (χ4v) is 2.37. The molecule has 1 saturated heterocycles. The molecular formula is C13H14FNO2. The molecule has 1 aliphatic heterocycles. The van der Waals surface area contributed by atoms with Crippen LogP contribution in [0.4, 0.5) is 4.39 Å². The molecule has 0 amide bonds. The SMILES string of the molecule is OC(c1cc2cccc(F)c2o1)C1CCCN1. The van der Waals surface area contributed by atoms with Crippen LogP contribution < -0.4 is 5.32 Å². The van der Waals surface area contributed by atoms with Gasteiger partial charge in [-0.2, -0.15) is 0 Å². The molecule has 0 bridgehead atoms. The van der Waals surface area contributed by atoms with Gasteiger partial charge in [0.1, 0.15) is 11.9 Å². The smallest absolute Gasteiger partial charge is 0.170 e. The van der Waals surface area contributed by atoms with Gasteiger partial charge in [-0.1, -0.05) is 12.1 Å². The van der Waals surface area contributed by atoms with Gasteiger partial charge in [-0.05, 0) is 31.5 Å². The summed E-state index contributed by atoms with van der Waals surface area (Å²) in [4.78, 5) is 0. The zero-order chi connectivity index (χ0) is 11.8. The van der Waals surface area contributed by atoms with Crippen LogP contribution in [-0.4, -0.2) is 17.7 Å². The van der Waals surface area contributed by atoms with Crippen molar-refractivity contribution >= 4 is 11.0 Å². The lowest BCUT2D eigenvalue weighted by Gasteiger charge is -2.15. The number of halogens is 1. The highest BCUT2D eigenvalue weighted by Crippen LogP contribution is 2.29. The van der Waals surface area contributed by atoms with Gasteiger partial charge in [-0.15, -0.1) is 0 Å². The van der Waals surface area contributed by atoms with Crippen molar-refractivity contribution in [2.45, 2.75) is 25.0 Å². The molecular weight excluding hydrogens is 221 g/mol. The van der Waals surface area contributed by atoms with E-state index < -0.39 is 6.10 Å². The molecule has 3 rings (SSSR count). The Morgan fingerprint density at radius 3 is 3.06 bits per heavy atom. The van der Waals surface area contributed by atoms with Gasteiger partial charge in [0.25, 0.3) is 0 Å². The van der Waals surface area contributed by atoms with E-state index in [2.05, 4.69) is 5.32 Å². The van der Waals surface area contributed by atoms with E-state index in [0.717, 1.165) is 19.4 Å².